The first-order valence-electron chi connectivity index (χ1n) is 5.46. The first-order chi connectivity index (χ1) is 8.61. The Bertz CT molecular complexity index is 527. The third-order valence-electron chi connectivity index (χ3n) is 2.52. The van der Waals surface area contributed by atoms with Crippen molar-refractivity contribution in [3.05, 3.63) is 46.2 Å². The van der Waals surface area contributed by atoms with Crippen molar-refractivity contribution < 1.29 is 0 Å². The monoisotopic (exact) mass is 298 g/mol. The Morgan fingerprint density at radius 2 is 1.83 bits per heavy atom. The average Bonchev–Trinajstić information content (AvgIpc) is 2.53. The molecule has 0 N–H and O–H groups in total. The number of aromatic nitrogens is 2. The zero-order chi connectivity index (χ0) is 13.1. The van der Waals surface area contributed by atoms with Crippen LogP contribution in [0.1, 0.15) is 12.5 Å². The molecule has 1 aliphatic rings. The van der Waals surface area contributed by atoms with E-state index in [2.05, 4.69) is 29.0 Å². The van der Waals surface area contributed by atoms with E-state index in [0.717, 1.165) is 5.57 Å². The van der Waals surface area contributed by atoms with E-state index < -0.39 is 0 Å². The van der Waals surface area contributed by atoms with Crippen LogP contribution in [0, 0.1) is 5.92 Å². The summed E-state index contributed by atoms with van der Waals surface area (Å²) in [6.45, 7) is 2.10. The molecule has 0 radical (unpaired) electrons. The Kier molecular flexibility index (Phi) is 4.49. The Morgan fingerprint density at radius 3 is 2.44 bits per heavy atom. The Labute approximate surface area is 121 Å². The van der Waals surface area contributed by atoms with Crippen molar-refractivity contribution in [2.75, 3.05) is 6.26 Å². The third-order valence-corrected chi connectivity index (χ3v) is 3.61. The van der Waals surface area contributed by atoms with Gasteiger partial charge in [0, 0.05) is 0 Å². The summed E-state index contributed by atoms with van der Waals surface area (Å²) in [6, 6.07) is 0. The fourth-order valence-electron chi connectivity index (χ4n) is 1.68. The molecule has 1 atom stereocenters. The summed E-state index contributed by atoms with van der Waals surface area (Å²) >= 11 is 13.8. The van der Waals surface area contributed by atoms with Crippen LogP contribution in [0.5, 0.6) is 0 Å². The number of hydrogen-bond acceptors (Lipinski definition) is 3. The van der Waals surface area contributed by atoms with Gasteiger partial charge < -0.3 is 0 Å². The van der Waals surface area contributed by atoms with Gasteiger partial charge in [-0.25, -0.2) is 9.97 Å². The molecule has 0 fully saturated rings. The van der Waals surface area contributed by atoms with Crippen LogP contribution < -0.4 is 0 Å². The molecule has 1 aromatic heterocycles. The number of halogens is 2. The van der Waals surface area contributed by atoms with E-state index in [4.69, 9.17) is 23.2 Å². The lowest BCUT2D eigenvalue weighted by atomic mass is 10.0. The van der Waals surface area contributed by atoms with Crippen molar-refractivity contribution in [2.45, 2.75) is 12.1 Å². The van der Waals surface area contributed by atoms with Crippen LogP contribution >= 0.6 is 35.0 Å². The smallest absolute Gasteiger partial charge is 0.190 e. The molecule has 1 unspecified atom stereocenters. The highest BCUT2D eigenvalue weighted by molar-refractivity contribution is 7.98. The summed E-state index contributed by atoms with van der Waals surface area (Å²) < 4.78 is 0. The van der Waals surface area contributed by atoms with Gasteiger partial charge in [0.25, 0.3) is 0 Å². The van der Waals surface area contributed by atoms with E-state index in [1.54, 1.807) is 0 Å². The second-order valence-electron chi connectivity index (χ2n) is 3.89. The van der Waals surface area contributed by atoms with Crippen LogP contribution in [0.3, 0.4) is 0 Å². The topological polar surface area (TPSA) is 25.8 Å². The predicted octanol–water partition coefficient (Wildman–Crippen LogP) is 4.65. The zero-order valence-corrected chi connectivity index (χ0v) is 12.4. The maximum absolute atomic E-state index is 6.20. The van der Waals surface area contributed by atoms with Crippen LogP contribution in [0.15, 0.2) is 35.5 Å². The SMILES string of the molecule is CSc1nc(Cl)c(C2=CC(C)C=CC=C2)c(Cl)n1. The predicted molar refractivity (Wildman–Crippen MR) is 79.3 cm³/mol. The van der Waals surface area contributed by atoms with Crippen LogP contribution in [0.4, 0.5) is 0 Å². The molecular formula is C13H12Cl2N2S. The minimum atomic E-state index is 0.322. The second kappa shape index (κ2) is 5.91. The minimum absolute atomic E-state index is 0.322. The first kappa shape index (κ1) is 13.7. The molecular weight excluding hydrogens is 287 g/mol. The highest BCUT2D eigenvalue weighted by Crippen LogP contribution is 2.32. The van der Waals surface area contributed by atoms with Crippen molar-refractivity contribution in [1.82, 2.24) is 9.97 Å². The molecule has 1 aliphatic carbocycles. The second-order valence-corrected chi connectivity index (χ2v) is 5.38. The molecule has 1 aromatic rings. The van der Waals surface area contributed by atoms with Crippen LogP contribution in [0.2, 0.25) is 10.3 Å². The van der Waals surface area contributed by atoms with E-state index in [1.807, 2.05) is 24.5 Å². The Hall–Kier alpha value is -0.770. The molecule has 0 bridgehead atoms. The lowest BCUT2D eigenvalue weighted by Gasteiger charge is -2.09. The van der Waals surface area contributed by atoms with Crippen molar-refractivity contribution >= 4 is 40.5 Å². The third kappa shape index (κ3) is 2.97. The van der Waals surface area contributed by atoms with Gasteiger partial charge in [-0.1, -0.05) is 72.3 Å². The number of rotatable bonds is 2. The van der Waals surface area contributed by atoms with Crippen LogP contribution in [-0.2, 0) is 0 Å². The van der Waals surface area contributed by atoms with Gasteiger partial charge in [0.15, 0.2) is 5.16 Å². The Balaban J connectivity index is 2.51. The summed E-state index contributed by atoms with van der Waals surface area (Å²) in [7, 11) is 0. The molecule has 18 heavy (non-hydrogen) atoms. The average molecular weight is 299 g/mol. The minimum Gasteiger partial charge on any atom is -0.210 e. The van der Waals surface area contributed by atoms with Crippen molar-refractivity contribution in [3.63, 3.8) is 0 Å². The van der Waals surface area contributed by atoms with Crippen molar-refractivity contribution in [3.8, 4) is 0 Å². The standard InChI is InChI=1S/C13H12Cl2N2S/c1-8-5-3-4-6-9(7-8)10-11(14)16-13(18-2)17-12(10)15/h3-8H,1-2H3. The van der Waals surface area contributed by atoms with E-state index in [-0.39, 0.29) is 0 Å². The van der Waals surface area contributed by atoms with E-state index >= 15 is 0 Å². The summed E-state index contributed by atoms with van der Waals surface area (Å²) in [5.41, 5.74) is 1.65. The van der Waals surface area contributed by atoms with Gasteiger partial charge in [-0.2, -0.15) is 0 Å². The van der Waals surface area contributed by atoms with Gasteiger partial charge in [-0.15, -0.1) is 0 Å². The van der Waals surface area contributed by atoms with Gasteiger partial charge in [-0.05, 0) is 17.7 Å². The molecule has 5 heteroatoms. The molecule has 0 aliphatic heterocycles. The van der Waals surface area contributed by atoms with Gasteiger partial charge in [0.2, 0.25) is 0 Å². The number of nitrogens with zero attached hydrogens (tertiary/aromatic N) is 2. The normalized spacial score (nSPS) is 18.7. The Morgan fingerprint density at radius 1 is 1.17 bits per heavy atom. The van der Waals surface area contributed by atoms with Gasteiger partial charge in [0.1, 0.15) is 10.3 Å². The summed E-state index contributed by atoms with van der Waals surface area (Å²) in [6.07, 6.45) is 12.0. The maximum atomic E-state index is 6.20. The molecule has 0 aromatic carbocycles. The molecule has 0 spiro atoms. The quantitative estimate of drug-likeness (QED) is 0.451. The fraction of sp³-hybridized carbons (Fsp3) is 0.231. The number of hydrogen-bond donors (Lipinski definition) is 0. The summed E-state index contributed by atoms with van der Waals surface area (Å²) in [5.74, 6) is 0.322. The first-order valence-corrected chi connectivity index (χ1v) is 7.44. The van der Waals surface area contributed by atoms with Crippen LogP contribution in [-0.4, -0.2) is 16.2 Å². The largest absolute Gasteiger partial charge is 0.210 e. The molecule has 2 rings (SSSR count). The van der Waals surface area contributed by atoms with E-state index in [9.17, 15) is 0 Å². The molecule has 0 saturated carbocycles. The number of allylic oxidation sites excluding steroid dienone is 6. The highest BCUT2D eigenvalue weighted by Gasteiger charge is 2.15. The molecule has 2 nitrogen and oxygen atoms in total. The molecule has 0 amide bonds. The lowest BCUT2D eigenvalue weighted by Crippen LogP contribution is -1.96. The fourth-order valence-corrected chi connectivity index (χ4v) is 2.75. The maximum Gasteiger partial charge on any atom is 0.190 e. The highest BCUT2D eigenvalue weighted by atomic mass is 35.5. The van der Waals surface area contributed by atoms with E-state index in [1.165, 1.54) is 11.8 Å². The number of thioether (sulfide) groups is 1. The van der Waals surface area contributed by atoms with Gasteiger partial charge in [0.05, 0.1) is 5.56 Å². The van der Waals surface area contributed by atoms with Crippen LogP contribution in [0.25, 0.3) is 5.57 Å². The molecule has 94 valence electrons. The van der Waals surface area contributed by atoms with Gasteiger partial charge in [-0.3, -0.25) is 0 Å². The van der Waals surface area contributed by atoms with Crippen molar-refractivity contribution in [2.24, 2.45) is 5.92 Å². The zero-order valence-electron chi connectivity index (χ0n) is 10.0. The van der Waals surface area contributed by atoms with Crippen molar-refractivity contribution in [1.29, 1.82) is 0 Å². The summed E-state index contributed by atoms with van der Waals surface area (Å²) in [5, 5.41) is 1.37. The molecule has 0 saturated heterocycles. The molecule has 1 heterocycles. The summed E-state index contributed by atoms with van der Waals surface area (Å²) in [4.78, 5) is 8.44. The lowest BCUT2D eigenvalue weighted by molar-refractivity contribution is 0.939. The van der Waals surface area contributed by atoms with E-state index in [0.29, 0.717) is 26.9 Å². The van der Waals surface area contributed by atoms with Gasteiger partial charge >= 0.3 is 0 Å².